The van der Waals surface area contributed by atoms with Crippen LogP contribution in [0, 0.1) is 0 Å². The van der Waals surface area contributed by atoms with E-state index < -0.39 is 21.9 Å². The van der Waals surface area contributed by atoms with Crippen molar-refractivity contribution in [1.29, 1.82) is 0 Å². The molecule has 0 atom stereocenters. The van der Waals surface area contributed by atoms with Crippen LogP contribution in [0.5, 0.6) is 0 Å². The molecule has 15 heavy (non-hydrogen) atoms. The number of carboxylic acid groups (broad SMARTS) is 1. The summed E-state index contributed by atoms with van der Waals surface area (Å²) in [5.74, 6) is -1.77. The molecule has 0 amide bonds. The average molecular weight is 298 g/mol. The predicted octanol–water partition coefficient (Wildman–Crippen LogP) is -0.150. The van der Waals surface area contributed by atoms with Crippen LogP contribution in [0.4, 0.5) is 0 Å². The Morgan fingerprint density at radius 3 is 2.80 bits per heavy atom. The maximum atomic E-state index is 11.2. The van der Waals surface area contributed by atoms with Gasteiger partial charge in [-0.15, -0.1) is 0 Å². The summed E-state index contributed by atoms with van der Waals surface area (Å²) in [6, 6.07) is 1.23. The molecule has 1 aromatic rings. The van der Waals surface area contributed by atoms with E-state index in [-0.39, 0.29) is 10.3 Å². The molecule has 0 aliphatic rings. The Balaban J connectivity index is 3.10. The zero-order chi connectivity index (χ0) is 11.6. The van der Waals surface area contributed by atoms with Crippen LogP contribution < -0.4 is 4.72 Å². The molecule has 1 heterocycles. The van der Waals surface area contributed by atoms with E-state index in [0.29, 0.717) is 0 Å². The molecule has 0 saturated carbocycles. The minimum absolute atomic E-state index is 0.194. The SMILES string of the molecule is CNS(=O)(=O)Cn1nc(Br)cc1C(=O)O. The van der Waals surface area contributed by atoms with Gasteiger partial charge in [0.25, 0.3) is 0 Å². The van der Waals surface area contributed by atoms with Crippen LogP contribution in [-0.2, 0) is 15.9 Å². The van der Waals surface area contributed by atoms with Gasteiger partial charge in [0.1, 0.15) is 10.3 Å². The Bertz CT molecular complexity index is 481. The summed E-state index contributed by atoms with van der Waals surface area (Å²) in [6.07, 6.45) is 0. The van der Waals surface area contributed by atoms with Gasteiger partial charge in [-0.3, -0.25) is 0 Å². The highest BCUT2D eigenvalue weighted by atomic mass is 79.9. The quantitative estimate of drug-likeness (QED) is 0.805. The fourth-order valence-electron chi connectivity index (χ4n) is 0.881. The van der Waals surface area contributed by atoms with Crippen molar-refractivity contribution in [2.24, 2.45) is 0 Å². The zero-order valence-corrected chi connectivity index (χ0v) is 10.0. The lowest BCUT2D eigenvalue weighted by Gasteiger charge is -2.04. The number of carbonyl (C=O) groups is 1. The number of hydrogen-bond donors (Lipinski definition) is 2. The number of nitrogens with one attached hydrogen (secondary N) is 1. The van der Waals surface area contributed by atoms with Crippen molar-refractivity contribution in [3.8, 4) is 0 Å². The molecule has 84 valence electrons. The van der Waals surface area contributed by atoms with E-state index in [0.717, 1.165) is 4.68 Å². The van der Waals surface area contributed by atoms with Crippen molar-refractivity contribution in [2.45, 2.75) is 5.88 Å². The molecule has 0 fully saturated rings. The van der Waals surface area contributed by atoms with Crippen molar-refractivity contribution in [3.63, 3.8) is 0 Å². The van der Waals surface area contributed by atoms with E-state index in [1.54, 1.807) is 0 Å². The van der Waals surface area contributed by atoms with Crippen molar-refractivity contribution in [3.05, 3.63) is 16.4 Å². The molecule has 0 aliphatic heterocycles. The van der Waals surface area contributed by atoms with Gasteiger partial charge in [0, 0.05) is 6.07 Å². The lowest BCUT2D eigenvalue weighted by Crippen LogP contribution is -2.26. The van der Waals surface area contributed by atoms with Gasteiger partial charge in [-0.2, -0.15) is 5.10 Å². The third-order valence-electron chi connectivity index (χ3n) is 1.57. The summed E-state index contributed by atoms with van der Waals surface area (Å²) in [4.78, 5) is 10.7. The number of rotatable bonds is 4. The number of aromatic nitrogens is 2. The summed E-state index contributed by atoms with van der Waals surface area (Å²) in [5.41, 5.74) is -0.194. The molecular weight excluding hydrogens is 290 g/mol. The van der Waals surface area contributed by atoms with E-state index in [4.69, 9.17) is 5.11 Å². The average Bonchev–Trinajstić information content (AvgIpc) is 2.46. The lowest BCUT2D eigenvalue weighted by molar-refractivity contribution is 0.0684. The second-order valence-corrected chi connectivity index (χ2v) is 5.31. The minimum atomic E-state index is -3.55. The normalized spacial score (nSPS) is 11.6. The Morgan fingerprint density at radius 2 is 2.33 bits per heavy atom. The van der Waals surface area contributed by atoms with E-state index in [9.17, 15) is 13.2 Å². The maximum absolute atomic E-state index is 11.2. The van der Waals surface area contributed by atoms with Crippen LogP contribution in [0.15, 0.2) is 10.7 Å². The lowest BCUT2D eigenvalue weighted by atomic mass is 10.4. The van der Waals surface area contributed by atoms with Gasteiger partial charge >= 0.3 is 5.97 Å². The summed E-state index contributed by atoms with van der Waals surface area (Å²) >= 11 is 2.97. The van der Waals surface area contributed by atoms with Crippen LogP contribution in [-0.4, -0.2) is 36.3 Å². The summed E-state index contributed by atoms with van der Waals surface area (Å²) in [5, 5.41) is 12.4. The third-order valence-corrected chi connectivity index (χ3v) is 3.17. The Hall–Kier alpha value is -0.930. The smallest absolute Gasteiger partial charge is 0.354 e. The molecule has 0 spiro atoms. The molecule has 7 nitrogen and oxygen atoms in total. The molecule has 1 rings (SSSR count). The molecule has 0 aromatic carbocycles. The number of aromatic carboxylic acids is 1. The van der Waals surface area contributed by atoms with E-state index in [1.807, 2.05) is 0 Å². The number of carboxylic acids is 1. The minimum Gasteiger partial charge on any atom is -0.477 e. The fourth-order valence-corrected chi connectivity index (χ4v) is 1.94. The van der Waals surface area contributed by atoms with Gasteiger partial charge in [0.05, 0.1) is 0 Å². The molecular formula is C6H8BrN3O4S. The van der Waals surface area contributed by atoms with Crippen LogP contribution in [0.2, 0.25) is 0 Å². The first-order chi connectivity index (χ1) is 6.85. The van der Waals surface area contributed by atoms with Gasteiger partial charge in [-0.25, -0.2) is 22.6 Å². The molecule has 0 unspecified atom stereocenters. The molecule has 0 saturated heterocycles. The number of hydrogen-bond acceptors (Lipinski definition) is 4. The van der Waals surface area contributed by atoms with Crippen molar-refractivity contribution >= 4 is 31.9 Å². The van der Waals surface area contributed by atoms with E-state index in [1.165, 1.54) is 13.1 Å². The molecule has 0 aliphatic carbocycles. The van der Waals surface area contributed by atoms with Gasteiger partial charge in [-0.05, 0) is 23.0 Å². The van der Waals surface area contributed by atoms with Crippen LogP contribution in [0.25, 0.3) is 0 Å². The summed E-state index contributed by atoms with van der Waals surface area (Å²) in [6.45, 7) is 0. The molecule has 0 bridgehead atoms. The fraction of sp³-hybridized carbons (Fsp3) is 0.333. The molecule has 1 aromatic heterocycles. The molecule has 0 radical (unpaired) electrons. The largest absolute Gasteiger partial charge is 0.477 e. The second-order valence-electron chi connectivity index (χ2n) is 2.60. The molecule has 2 N–H and O–H groups in total. The van der Waals surface area contributed by atoms with Gasteiger partial charge in [0.15, 0.2) is 5.88 Å². The van der Waals surface area contributed by atoms with Gasteiger partial charge in [0.2, 0.25) is 10.0 Å². The third kappa shape index (κ3) is 3.01. The van der Waals surface area contributed by atoms with Crippen LogP contribution >= 0.6 is 15.9 Å². The number of nitrogens with zero attached hydrogens (tertiary/aromatic N) is 2. The standard InChI is InChI=1S/C6H8BrN3O4S/c1-8-15(13,14)3-10-4(6(11)12)2-5(7)9-10/h2,8H,3H2,1H3,(H,11,12). The summed E-state index contributed by atoms with van der Waals surface area (Å²) < 4.78 is 25.6. The highest BCUT2D eigenvalue weighted by Gasteiger charge is 2.17. The highest BCUT2D eigenvalue weighted by Crippen LogP contribution is 2.11. The van der Waals surface area contributed by atoms with Crippen molar-refractivity contribution in [1.82, 2.24) is 14.5 Å². The first-order valence-electron chi connectivity index (χ1n) is 3.73. The van der Waals surface area contributed by atoms with E-state index >= 15 is 0 Å². The van der Waals surface area contributed by atoms with Crippen LogP contribution in [0.1, 0.15) is 10.5 Å². The second kappa shape index (κ2) is 4.29. The van der Waals surface area contributed by atoms with Crippen molar-refractivity contribution < 1.29 is 18.3 Å². The highest BCUT2D eigenvalue weighted by molar-refractivity contribution is 9.10. The van der Waals surface area contributed by atoms with Crippen molar-refractivity contribution in [2.75, 3.05) is 7.05 Å². The summed E-state index contributed by atoms with van der Waals surface area (Å²) in [7, 11) is -2.30. The van der Waals surface area contributed by atoms with Gasteiger partial charge < -0.3 is 5.11 Å². The predicted molar refractivity (Wildman–Crippen MR) is 54.9 cm³/mol. The molecule has 9 heteroatoms. The monoisotopic (exact) mass is 297 g/mol. The maximum Gasteiger partial charge on any atom is 0.354 e. The topological polar surface area (TPSA) is 101 Å². The Labute approximate surface area is 94.3 Å². The first kappa shape index (κ1) is 12.1. The Morgan fingerprint density at radius 1 is 1.73 bits per heavy atom. The zero-order valence-electron chi connectivity index (χ0n) is 7.64. The first-order valence-corrected chi connectivity index (χ1v) is 6.18. The van der Waals surface area contributed by atoms with Crippen LogP contribution in [0.3, 0.4) is 0 Å². The number of halogens is 1. The number of sulfonamides is 1. The Kier molecular flexibility index (Phi) is 3.47. The van der Waals surface area contributed by atoms with E-state index in [2.05, 4.69) is 25.8 Å². The van der Waals surface area contributed by atoms with Gasteiger partial charge in [-0.1, -0.05) is 0 Å².